The largest absolute Gasteiger partial charge is 0.508 e. The maximum absolute atomic E-state index is 9.63. The van der Waals surface area contributed by atoms with E-state index in [0.29, 0.717) is 11.1 Å². The SMILES string of the molecule is CC[C@@H](N)c1cc(O)cc(C)c1O. The number of benzene rings is 1. The minimum atomic E-state index is -0.217. The molecule has 0 aliphatic rings. The lowest BCUT2D eigenvalue weighted by molar-refractivity contribution is 0.443. The zero-order valence-corrected chi connectivity index (χ0v) is 7.91. The van der Waals surface area contributed by atoms with Crippen LogP contribution in [0.1, 0.15) is 30.5 Å². The summed E-state index contributed by atoms with van der Waals surface area (Å²) in [6, 6.07) is 2.81. The summed E-state index contributed by atoms with van der Waals surface area (Å²) < 4.78 is 0. The molecule has 0 saturated heterocycles. The number of nitrogens with two attached hydrogens (primary N) is 1. The van der Waals surface area contributed by atoms with Crippen LogP contribution in [0, 0.1) is 6.92 Å². The topological polar surface area (TPSA) is 66.5 Å². The molecule has 3 heteroatoms. The number of aromatic hydroxyl groups is 2. The van der Waals surface area contributed by atoms with Gasteiger partial charge in [-0.05, 0) is 31.0 Å². The normalized spacial score (nSPS) is 12.8. The van der Waals surface area contributed by atoms with Gasteiger partial charge in [-0.3, -0.25) is 0 Å². The van der Waals surface area contributed by atoms with E-state index in [1.54, 1.807) is 6.92 Å². The Morgan fingerprint density at radius 2 is 2.00 bits per heavy atom. The summed E-state index contributed by atoms with van der Waals surface area (Å²) in [5, 5.41) is 18.9. The fraction of sp³-hybridized carbons (Fsp3) is 0.400. The molecule has 4 N–H and O–H groups in total. The number of rotatable bonds is 2. The summed E-state index contributed by atoms with van der Waals surface area (Å²) in [7, 11) is 0. The maximum Gasteiger partial charge on any atom is 0.123 e. The van der Waals surface area contributed by atoms with Crippen LogP contribution in [0.2, 0.25) is 0 Å². The van der Waals surface area contributed by atoms with Gasteiger partial charge in [0.2, 0.25) is 0 Å². The van der Waals surface area contributed by atoms with Crippen LogP contribution in [-0.2, 0) is 0 Å². The van der Waals surface area contributed by atoms with Gasteiger partial charge in [0.05, 0.1) is 0 Å². The van der Waals surface area contributed by atoms with E-state index >= 15 is 0 Å². The molecule has 0 heterocycles. The Balaban J connectivity index is 3.20. The van der Waals surface area contributed by atoms with Gasteiger partial charge in [0.1, 0.15) is 11.5 Å². The number of phenols is 2. The van der Waals surface area contributed by atoms with Gasteiger partial charge in [-0.1, -0.05) is 6.92 Å². The summed E-state index contributed by atoms with van der Waals surface area (Å²) in [6.45, 7) is 3.67. The van der Waals surface area contributed by atoms with Crippen LogP contribution >= 0.6 is 0 Å². The third kappa shape index (κ3) is 1.92. The summed E-state index contributed by atoms with van der Waals surface area (Å²) >= 11 is 0. The molecule has 0 aromatic heterocycles. The van der Waals surface area contributed by atoms with Crippen LogP contribution in [0.5, 0.6) is 11.5 Å². The molecule has 1 atom stereocenters. The van der Waals surface area contributed by atoms with Crippen molar-refractivity contribution in [2.75, 3.05) is 0 Å². The zero-order chi connectivity index (χ0) is 10.0. The van der Waals surface area contributed by atoms with Gasteiger partial charge in [0.15, 0.2) is 0 Å². The van der Waals surface area contributed by atoms with Crippen molar-refractivity contribution in [3.05, 3.63) is 23.3 Å². The monoisotopic (exact) mass is 181 g/mol. The molecule has 0 aliphatic carbocycles. The van der Waals surface area contributed by atoms with Crippen molar-refractivity contribution >= 4 is 0 Å². The second-order valence-electron chi connectivity index (χ2n) is 3.22. The third-order valence-electron chi connectivity index (χ3n) is 2.15. The fourth-order valence-electron chi connectivity index (χ4n) is 1.29. The Labute approximate surface area is 77.8 Å². The van der Waals surface area contributed by atoms with Crippen molar-refractivity contribution in [3.8, 4) is 11.5 Å². The fourth-order valence-corrected chi connectivity index (χ4v) is 1.29. The number of aryl methyl sites for hydroxylation is 1. The van der Waals surface area contributed by atoms with Crippen LogP contribution in [0.3, 0.4) is 0 Å². The molecule has 3 nitrogen and oxygen atoms in total. The number of phenolic OH excluding ortho intramolecular Hbond substituents is 2. The molecule has 0 radical (unpaired) electrons. The molecule has 0 unspecified atom stereocenters. The van der Waals surface area contributed by atoms with E-state index in [4.69, 9.17) is 5.73 Å². The molecule has 1 rings (SSSR count). The predicted molar refractivity (Wildman–Crippen MR) is 51.7 cm³/mol. The van der Waals surface area contributed by atoms with Gasteiger partial charge in [0.25, 0.3) is 0 Å². The highest BCUT2D eigenvalue weighted by atomic mass is 16.3. The van der Waals surface area contributed by atoms with Crippen LogP contribution in [0.4, 0.5) is 0 Å². The number of hydrogen-bond acceptors (Lipinski definition) is 3. The molecule has 0 aliphatic heterocycles. The van der Waals surface area contributed by atoms with E-state index in [-0.39, 0.29) is 17.5 Å². The summed E-state index contributed by atoms with van der Waals surface area (Å²) in [5.74, 6) is 0.335. The Hall–Kier alpha value is -1.22. The first kappa shape index (κ1) is 9.86. The van der Waals surface area contributed by atoms with Crippen molar-refractivity contribution < 1.29 is 10.2 Å². The quantitative estimate of drug-likeness (QED) is 0.609. The lowest BCUT2D eigenvalue weighted by atomic mass is 10.0. The van der Waals surface area contributed by atoms with Crippen LogP contribution < -0.4 is 5.73 Å². The third-order valence-corrected chi connectivity index (χ3v) is 2.15. The Morgan fingerprint density at radius 3 is 2.54 bits per heavy atom. The average Bonchev–Trinajstić information content (AvgIpc) is 2.10. The first-order valence-electron chi connectivity index (χ1n) is 4.34. The lowest BCUT2D eigenvalue weighted by Crippen LogP contribution is -2.09. The molecule has 0 amide bonds. The molecule has 72 valence electrons. The van der Waals surface area contributed by atoms with Gasteiger partial charge < -0.3 is 15.9 Å². The van der Waals surface area contributed by atoms with Crippen LogP contribution in [0.25, 0.3) is 0 Å². The second-order valence-corrected chi connectivity index (χ2v) is 3.22. The first-order valence-corrected chi connectivity index (χ1v) is 4.34. The van der Waals surface area contributed by atoms with Crippen molar-refractivity contribution in [2.24, 2.45) is 5.73 Å². The van der Waals surface area contributed by atoms with Crippen molar-refractivity contribution in [1.29, 1.82) is 0 Å². The first-order chi connectivity index (χ1) is 6.06. The molecular formula is C10H15NO2. The molecule has 13 heavy (non-hydrogen) atoms. The molecular weight excluding hydrogens is 166 g/mol. The maximum atomic E-state index is 9.63. The van der Waals surface area contributed by atoms with E-state index in [1.165, 1.54) is 12.1 Å². The van der Waals surface area contributed by atoms with Crippen molar-refractivity contribution in [2.45, 2.75) is 26.3 Å². The molecule has 1 aromatic carbocycles. The van der Waals surface area contributed by atoms with Gasteiger partial charge in [-0.2, -0.15) is 0 Å². The van der Waals surface area contributed by atoms with Crippen molar-refractivity contribution in [1.82, 2.24) is 0 Å². The standard InChI is InChI=1S/C10H15NO2/c1-3-9(11)8-5-7(12)4-6(2)10(8)13/h4-5,9,12-13H,3,11H2,1-2H3/t9-/m1/s1. The van der Waals surface area contributed by atoms with Crippen LogP contribution in [0.15, 0.2) is 12.1 Å². The second kappa shape index (κ2) is 3.66. The van der Waals surface area contributed by atoms with E-state index in [1.807, 2.05) is 6.92 Å². The zero-order valence-electron chi connectivity index (χ0n) is 7.91. The molecule has 0 fully saturated rings. The molecule has 0 saturated carbocycles. The number of hydrogen-bond donors (Lipinski definition) is 3. The lowest BCUT2D eigenvalue weighted by Gasteiger charge is -2.13. The van der Waals surface area contributed by atoms with Crippen LogP contribution in [-0.4, -0.2) is 10.2 Å². The van der Waals surface area contributed by atoms with E-state index in [9.17, 15) is 10.2 Å². The van der Waals surface area contributed by atoms with Gasteiger partial charge in [0, 0.05) is 11.6 Å². The van der Waals surface area contributed by atoms with E-state index in [2.05, 4.69) is 0 Å². The highest BCUT2D eigenvalue weighted by Crippen LogP contribution is 2.31. The van der Waals surface area contributed by atoms with E-state index in [0.717, 1.165) is 6.42 Å². The summed E-state index contributed by atoms with van der Waals surface area (Å²) in [5.41, 5.74) is 7.02. The average molecular weight is 181 g/mol. The highest BCUT2D eigenvalue weighted by Gasteiger charge is 2.12. The van der Waals surface area contributed by atoms with Crippen molar-refractivity contribution in [3.63, 3.8) is 0 Å². The highest BCUT2D eigenvalue weighted by molar-refractivity contribution is 5.46. The molecule has 0 bridgehead atoms. The predicted octanol–water partition coefficient (Wildman–Crippen LogP) is 1.82. The Kier molecular flexibility index (Phi) is 2.78. The summed E-state index contributed by atoms with van der Waals surface area (Å²) in [6.07, 6.45) is 0.733. The summed E-state index contributed by atoms with van der Waals surface area (Å²) in [4.78, 5) is 0. The van der Waals surface area contributed by atoms with E-state index < -0.39 is 0 Å². The Bertz CT molecular complexity index is 310. The molecule has 1 aromatic rings. The smallest absolute Gasteiger partial charge is 0.123 e. The minimum Gasteiger partial charge on any atom is -0.508 e. The van der Waals surface area contributed by atoms with Gasteiger partial charge >= 0.3 is 0 Å². The van der Waals surface area contributed by atoms with Gasteiger partial charge in [-0.25, -0.2) is 0 Å². The molecule has 0 spiro atoms. The minimum absolute atomic E-state index is 0.147. The Morgan fingerprint density at radius 1 is 1.38 bits per heavy atom. The van der Waals surface area contributed by atoms with Gasteiger partial charge in [-0.15, -0.1) is 0 Å².